The number of piperazine rings is 1. The SMILES string of the molecule is CC[C@@H](C(=O)O)N1CCN(C2CCC(C)CC2)CC1. The van der Waals surface area contributed by atoms with Gasteiger partial charge in [-0.15, -0.1) is 0 Å². The highest BCUT2D eigenvalue weighted by Gasteiger charge is 2.31. The number of hydrogen-bond donors (Lipinski definition) is 1. The van der Waals surface area contributed by atoms with Crippen molar-refractivity contribution >= 4 is 5.97 Å². The normalized spacial score (nSPS) is 32.1. The number of hydrogen-bond acceptors (Lipinski definition) is 3. The summed E-state index contributed by atoms with van der Waals surface area (Å²) in [5.74, 6) is 0.233. The molecular formula is C15H28N2O2. The van der Waals surface area contributed by atoms with Crippen molar-refractivity contribution in [3.63, 3.8) is 0 Å². The van der Waals surface area contributed by atoms with Crippen molar-refractivity contribution in [2.24, 2.45) is 5.92 Å². The molecule has 1 atom stereocenters. The van der Waals surface area contributed by atoms with Crippen molar-refractivity contribution in [2.75, 3.05) is 26.2 Å². The molecule has 19 heavy (non-hydrogen) atoms. The van der Waals surface area contributed by atoms with E-state index in [2.05, 4.69) is 16.7 Å². The second-order valence-corrected chi connectivity index (χ2v) is 6.25. The van der Waals surface area contributed by atoms with Crippen LogP contribution in [0.2, 0.25) is 0 Å². The van der Waals surface area contributed by atoms with E-state index in [1.54, 1.807) is 0 Å². The zero-order valence-electron chi connectivity index (χ0n) is 12.3. The lowest BCUT2D eigenvalue weighted by molar-refractivity contribution is -0.144. The Hall–Kier alpha value is -0.610. The molecule has 2 fully saturated rings. The first-order valence-corrected chi connectivity index (χ1v) is 7.82. The highest BCUT2D eigenvalue weighted by molar-refractivity contribution is 5.73. The van der Waals surface area contributed by atoms with Gasteiger partial charge in [-0.25, -0.2) is 0 Å². The van der Waals surface area contributed by atoms with Crippen molar-refractivity contribution in [1.82, 2.24) is 9.80 Å². The molecule has 0 bridgehead atoms. The van der Waals surface area contributed by atoms with E-state index < -0.39 is 5.97 Å². The minimum Gasteiger partial charge on any atom is -0.480 e. The lowest BCUT2D eigenvalue weighted by Crippen LogP contribution is -2.55. The minimum absolute atomic E-state index is 0.284. The first-order valence-electron chi connectivity index (χ1n) is 7.82. The molecule has 1 saturated heterocycles. The molecule has 0 spiro atoms. The summed E-state index contributed by atoms with van der Waals surface area (Å²) in [5, 5.41) is 9.21. The van der Waals surface area contributed by atoms with E-state index in [1.807, 2.05) is 6.92 Å². The Bertz CT molecular complexity index is 293. The predicted octanol–water partition coefficient (Wildman–Crippen LogP) is 2.05. The summed E-state index contributed by atoms with van der Waals surface area (Å²) in [6.45, 7) is 8.24. The standard InChI is InChI=1S/C15H28N2O2/c1-3-14(15(18)19)17-10-8-16(9-11-17)13-6-4-12(2)5-7-13/h12-14H,3-11H2,1-2H3,(H,18,19)/t12?,13?,14-/m0/s1. The molecule has 1 aliphatic heterocycles. The molecule has 0 aromatic heterocycles. The van der Waals surface area contributed by atoms with Crippen LogP contribution >= 0.6 is 0 Å². The molecule has 0 aromatic carbocycles. The van der Waals surface area contributed by atoms with Crippen LogP contribution in [0.4, 0.5) is 0 Å². The lowest BCUT2D eigenvalue weighted by atomic mass is 9.86. The number of aliphatic carboxylic acids is 1. The molecule has 0 aromatic rings. The van der Waals surface area contributed by atoms with Crippen molar-refractivity contribution in [3.05, 3.63) is 0 Å². The summed E-state index contributed by atoms with van der Waals surface area (Å²) in [6.07, 6.45) is 6.08. The van der Waals surface area contributed by atoms with Gasteiger partial charge in [-0.05, 0) is 38.0 Å². The maximum Gasteiger partial charge on any atom is 0.320 e. The van der Waals surface area contributed by atoms with Crippen molar-refractivity contribution in [2.45, 2.75) is 58.0 Å². The molecular weight excluding hydrogens is 240 g/mol. The lowest BCUT2D eigenvalue weighted by Gasteiger charge is -2.43. The summed E-state index contributed by atoms with van der Waals surface area (Å²) < 4.78 is 0. The Balaban J connectivity index is 1.80. The number of nitrogens with zero attached hydrogens (tertiary/aromatic N) is 2. The largest absolute Gasteiger partial charge is 0.480 e. The van der Waals surface area contributed by atoms with Crippen LogP contribution in [-0.4, -0.2) is 59.1 Å². The molecule has 0 radical (unpaired) electrons. The fourth-order valence-corrected chi connectivity index (χ4v) is 3.61. The monoisotopic (exact) mass is 268 g/mol. The highest BCUT2D eigenvalue weighted by atomic mass is 16.4. The van der Waals surface area contributed by atoms with Crippen LogP contribution in [0.1, 0.15) is 46.0 Å². The van der Waals surface area contributed by atoms with Gasteiger partial charge in [0, 0.05) is 32.2 Å². The molecule has 0 amide bonds. The van der Waals surface area contributed by atoms with E-state index in [1.165, 1.54) is 25.7 Å². The third-order valence-corrected chi connectivity index (χ3v) is 4.96. The quantitative estimate of drug-likeness (QED) is 0.847. The van der Waals surface area contributed by atoms with E-state index in [4.69, 9.17) is 0 Å². The average molecular weight is 268 g/mol. The van der Waals surface area contributed by atoms with Gasteiger partial charge in [-0.2, -0.15) is 0 Å². The minimum atomic E-state index is -0.664. The van der Waals surface area contributed by atoms with E-state index in [-0.39, 0.29) is 6.04 Å². The predicted molar refractivity (Wildman–Crippen MR) is 76.3 cm³/mol. The van der Waals surface area contributed by atoms with Crippen molar-refractivity contribution in [1.29, 1.82) is 0 Å². The maximum atomic E-state index is 11.2. The molecule has 1 heterocycles. The van der Waals surface area contributed by atoms with Crippen molar-refractivity contribution in [3.8, 4) is 0 Å². The van der Waals surface area contributed by atoms with Gasteiger partial charge in [0.1, 0.15) is 6.04 Å². The molecule has 2 aliphatic rings. The number of carboxylic acids is 1. The Morgan fingerprint density at radius 3 is 2.21 bits per heavy atom. The van der Waals surface area contributed by atoms with Crippen LogP contribution in [-0.2, 0) is 4.79 Å². The Kier molecular flexibility index (Phi) is 5.22. The smallest absolute Gasteiger partial charge is 0.320 e. The zero-order chi connectivity index (χ0) is 13.8. The van der Waals surface area contributed by atoms with Gasteiger partial charge in [-0.1, -0.05) is 13.8 Å². The fourth-order valence-electron chi connectivity index (χ4n) is 3.61. The summed E-state index contributed by atoms with van der Waals surface area (Å²) in [4.78, 5) is 15.9. The van der Waals surface area contributed by atoms with Gasteiger partial charge in [0.05, 0.1) is 0 Å². The highest BCUT2D eigenvalue weighted by Crippen LogP contribution is 2.27. The molecule has 110 valence electrons. The Morgan fingerprint density at radius 2 is 1.74 bits per heavy atom. The zero-order valence-corrected chi connectivity index (χ0v) is 12.3. The molecule has 4 heteroatoms. The van der Waals surface area contributed by atoms with Crippen LogP contribution in [0.15, 0.2) is 0 Å². The average Bonchev–Trinajstić information content (AvgIpc) is 2.41. The van der Waals surface area contributed by atoms with Crippen molar-refractivity contribution < 1.29 is 9.90 Å². The van der Waals surface area contributed by atoms with E-state index in [9.17, 15) is 9.90 Å². The molecule has 4 nitrogen and oxygen atoms in total. The Labute approximate surface area is 116 Å². The second kappa shape index (κ2) is 6.71. The molecule has 1 saturated carbocycles. The van der Waals surface area contributed by atoms with Crippen LogP contribution in [0, 0.1) is 5.92 Å². The number of carboxylic acid groups (broad SMARTS) is 1. The fraction of sp³-hybridized carbons (Fsp3) is 0.933. The van der Waals surface area contributed by atoms with Gasteiger partial charge < -0.3 is 5.11 Å². The summed E-state index contributed by atoms with van der Waals surface area (Å²) in [7, 11) is 0. The van der Waals surface area contributed by atoms with E-state index in [0.29, 0.717) is 6.42 Å². The van der Waals surface area contributed by atoms with E-state index >= 15 is 0 Å². The second-order valence-electron chi connectivity index (χ2n) is 6.25. The van der Waals surface area contributed by atoms with Crippen LogP contribution < -0.4 is 0 Å². The first-order chi connectivity index (χ1) is 9.11. The number of rotatable bonds is 4. The van der Waals surface area contributed by atoms with E-state index in [0.717, 1.165) is 38.1 Å². The van der Waals surface area contributed by atoms with Crippen LogP contribution in [0.3, 0.4) is 0 Å². The third-order valence-electron chi connectivity index (χ3n) is 4.96. The summed E-state index contributed by atoms with van der Waals surface area (Å²) in [6, 6.07) is 0.469. The molecule has 1 N–H and O–H groups in total. The number of carbonyl (C=O) groups is 1. The summed E-state index contributed by atoms with van der Waals surface area (Å²) >= 11 is 0. The molecule has 1 aliphatic carbocycles. The van der Waals surface area contributed by atoms with Crippen LogP contribution in [0.5, 0.6) is 0 Å². The van der Waals surface area contributed by atoms with Crippen LogP contribution in [0.25, 0.3) is 0 Å². The van der Waals surface area contributed by atoms with Gasteiger partial charge in [-0.3, -0.25) is 14.6 Å². The van der Waals surface area contributed by atoms with Gasteiger partial charge in [0.25, 0.3) is 0 Å². The maximum absolute atomic E-state index is 11.2. The molecule has 0 unspecified atom stereocenters. The van der Waals surface area contributed by atoms with Gasteiger partial charge in [0.2, 0.25) is 0 Å². The third kappa shape index (κ3) is 3.69. The summed E-state index contributed by atoms with van der Waals surface area (Å²) in [5.41, 5.74) is 0. The molecule has 2 rings (SSSR count). The first kappa shape index (κ1) is 14.8. The topological polar surface area (TPSA) is 43.8 Å². The Morgan fingerprint density at radius 1 is 1.16 bits per heavy atom. The van der Waals surface area contributed by atoms with Gasteiger partial charge in [0.15, 0.2) is 0 Å². The van der Waals surface area contributed by atoms with Gasteiger partial charge >= 0.3 is 5.97 Å².